The third kappa shape index (κ3) is 11.1. The monoisotopic (exact) mass is 224 g/mol. The summed E-state index contributed by atoms with van der Waals surface area (Å²) in [5.41, 5.74) is 0. The van der Waals surface area contributed by atoms with Crippen LogP contribution < -0.4 is 0 Å². The lowest BCUT2D eigenvalue weighted by Gasteiger charge is -1.98. The van der Waals surface area contributed by atoms with Crippen molar-refractivity contribution in [3.63, 3.8) is 0 Å². The molecule has 2 heteroatoms. The Morgan fingerprint density at radius 2 is 1.69 bits per heavy atom. The molecule has 0 fully saturated rings. The minimum atomic E-state index is -0.369. The summed E-state index contributed by atoms with van der Waals surface area (Å²) >= 11 is 0. The van der Waals surface area contributed by atoms with E-state index in [2.05, 4.69) is 25.7 Å². The van der Waals surface area contributed by atoms with Gasteiger partial charge >= 0.3 is 5.97 Å². The van der Waals surface area contributed by atoms with Crippen LogP contribution in [0, 0.1) is 11.8 Å². The minimum absolute atomic E-state index is 0.369. The first-order valence-electron chi connectivity index (χ1n) is 6.46. The highest BCUT2D eigenvalue weighted by atomic mass is 16.5. The molecule has 0 saturated heterocycles. The molecule has 0 rings (SSSR count). The third-order valence-electron chi connectivity index (χ3n) is 2.33. The fraction of sp³-hybridized carbons (Fsp3) is 0.786. The SMILES string of the molecule is CCCCCCC#CC(=O)OCCCCC. The van der Waals surface area contributed by atoms with E-state index < -0.39 is 0 Å². The molecule has 2 nitrogen and oxygen atoms in total. The predicted octanol–water partition coefficient (Wildman–Crippen LogP) is 3.69. The van der Waals surface area contributed by atoms with Gasteiger partial charge in [0.05, 0.1) is 6.61 Å². The van der Waals surface area contributed by atoms with Gasteiger partial charge in [0, 0.05) is 12.3 Å². The first-order valence-corrected chi connectivity index (χ1v) is 6.46. The number of hydrogen-bond donors (Lipinski definition) is 0. The first-order chi connectivity index (χ1) is 7.81. The zero-order chi connectivity index (χ0) is 12.1. The number of esters is 1. The molecule has 16 heavy (non-hydrogen) atoms. The van der Waals surface area contributed by atoms with Crippen LogP contribution >= 0.6 is 0 Å². The van der Waals surface area contributed by atoms with Gasteiger partial charge < -0.3 is 4.74 Å². The van der Waals surface area contributed by atoms with E-state index in [0.29, 0.717) is 6.61 Å². The summed E-state index contributed by atoms with van der Waals surface area (Å²) in [4.78, 5) is 11.1. The standard InChI is InChI=1S/C14H24O2/c1-3-5-7-8-9-10-12-14(15)16-13-11-6-4-2/h3-9,11,13H2,1-2H3. The molecule has 0 aromatic carbocycles. The number of hydrogen-bond acceptors (Lipinski definition) is 2. The lowest BCUT2D eigenvalue weighted by Crippen LogP contribution is -2.02. The Bertz CT molecular complexity index is 223. The summed E-state index contributed by atoms with van der Waals surface area (Å²) in [6, 6.07) is 0. The van der Waals surface area contributed by atoms with Crippen LogP contribution in [0.15, 0.2) is 0 Å². The van der Waals surface area contributed by atoms with Gasteiger partial charge in [0.25, 0.3) is 0 Å². The van der Waals surface area contributed by atoms with E-state index in [1.54, 1.807) is 0 Å². The molecule has 0 spiro atoms. The van der Waals surface area contributed by atoms with Crippen molar-refractivity contribution in [2.75, 3.05) is 6.61 Å². The zero-order valence-electron chi connectivity index (χ0n) is 10.7. The van der Waals surface area contributed by atoms with Crippen molar-refractivity contribution in [1.29, 1.82) is 0 Å². The van der Waals surface area contributed by atoms with Crippen molar-refractivity contribution in [3.05, 3.63) is 0 Å². The average molecular weight is 224 g/mol. The summed E-state index contributed by atoms with van der Waals surface area (Å²) < 4.78 is 4.96. The maximum atomic E-state index is 11.1. The average Bonchev–Trinajstić information content (AvgIpc) is 2.29. The Labute approximate surface area is 99.8 Å². The Morgan fingerprint density at radius 3 is 2.38 bits per heavy atom. The summed E-state index contributed by atoms with van der Waals surface area (Å²) in [6.45, 7) is 4.81. The van der Waals surface area contributed by atoms with Gasteiger partial charge in [0.2, 0.25) is 0 Å². The molecular formula is C14H24O2. The normalized spacial score (nSPS) is 9.38. The van der Waals surface area contributed by atoms with E-state index in [4.69, 9.17) is 4.74 Å². The van der Waals surface area contributed by atoms with Gasteiger partial charge in [-0.15, -0.1) is 0 Å². The molecule has 0 unspecified atom stereocenters. The topological polar surface area (TPSA) is 26.3 Å². The van der Waals surface area contributed by atoms with Crippen LogP contribution in [0.3, 0.4) is 0 Å². The number of unbranched alkanes of at least 4 members (excludes halogenated alkanes) is 6. The van der Waals surface area contributed by atoms with Crippen LogP contribution in [0.5, 0.6) is 0 Å². The molecule has 0 aliphatic heterocycles. The highest BCUT2D eigenvalue weighted by Crippen LogP contribution is 2.00. The van der Waals surface area contributed by atoms with Crippen LogP contribution in [0.2, 0.25) is 0 Å². The number of carbonyl (C=O) groups is 1. The Kier molecular flexibility index (Phi) is 11.4. The van der Waals surface area contributed by atoms with Crippen LogP contribution in [-0.2, 0) is 9.53 Å². The van der Waals surface area contributed by atoms with E-state index in [0.717, 1.165) is 32.1 Å². The fourth-order valence-electron chi connectivity index (χ4n) is 1.33. The van der Waals surface area contributed by atoms with E-state index in [-0.39, 0.29) is 5.97 Å². The van der Waals surface area contributed by atoms with Gasteiger partial charge in [-0.2, -0.15) is 0 Å². The smallest absolute Gasteiger partial charge is 0.384 e. The molecule has 0 aliphatic carbocycles. The van der Waals surface area contributed by atoms with E-state index in [1.165, 1.54) is 19.3 Å². The molecule has 0 saturated carbocycles. The molecule has 0 atom stereocenters. The van der Waals surface area contributed by atoms with Crippen LogP contribution in [0.25, 0.3) is 0 Å². The Balaban J connectivity index is 3.36. The third-order valence-corrected chi connectivity index (χ3v) is 2.33. The van der Waals surface area contributed by atoms with Gasteiger partial charge in [-0.1, -0.05) is 51.9 Å². The van der Waals surface area contributed by atoms with Crippen molar-refractivity contribution in [3.8, 4) is 11.8 Å². The molecule has 92 valence electrons. The second-order valence-electron chi connectivity index (χ2n) is 3.96. The van der Waals surface area contributed by atoms with Crippen molar-refractivity contribution >= 4 is 5.97 Å². The highest BCUT2D eigenvalue weighted by Gasteiger charge is 1.95. The molecule has 0 aromatic rings. The second-order valence-corrected chi connectivity index (χ2v) is 3.96. The summed E-state index contributed by atoms with van der Waals surface area (Å²) in [5.74, 6) is 5.02. The minimum Gasteiger partial charge on any atom is -0.456 e. The van der Waals surface area contributed by atoms with E-state index in [9.17, 15) is 4.79 Å². The molecule has 0 N–H and O–H groups in total. The largest absolute Gasteiger partial charge is 0.456 e. The van der Waals surface area contributed by atoms with Crippen molar-refractivity contribution < 1.29 is 9.53 Å². The number of ether oxygens (including phenoxy) is 1. The molecule has 0 heterocycles. The number of carbonyl (C=O) groups excluding carboxylic acids is 1. The fourth-order valence-corrected chi connectivity index (χ4v) is 1.33. The highest BCUT2D eigenvalue weighted by molar-refractivity contribution is 5.88. The quantitative estimate of drug-likeness (QED) is 0.272. The van der Waals surface area contributed by atoms with Crippen molar-refractivity contribution in [1.82, 2.24) is 0 Å². The summed E-state index contributed by atoms with van der Waals surface area (Å²) in [5, 5.41) is 0. The molecule has 0 bridgehead atoms. The maximum Gasteiger partial charge on any atom is 0.384 e. The van der Waals surface area contributed by atoms with Crippen molar-refractivity contribution in [2.45, 2.75) is 65.2 Å². The van der Waals surface area contributed by atoms with Crippen LogP contribution in [0.4, 0.5) is 0 Å². The second kappa shape index (κ2) is 12.1. The van der Waals surface area contributed by atoms with Crippen LogP contribution in [0.1, 0.15) is 65.2 Å². The molecule has 0 aromatic heterocycles. The van der Waals surface area contributed by atoms with Crippen LogP contribution in [-0.4, -0.2) is 12.6 Å². The Hall–Kier alpha value is -0.970. The molecule has 0 amide bonds. The van der Waals surface area contributed by atoms with Gasteiger partial charge in [-0.05, 0) is 12.8 Å². The molecule has 0 radical (unpaired) electrons. The predicted molar refractivity (Wildman–Crippen MR) is 67.0 cm³/mol. The van der Waals surface area contributed by atoms with Gasteiger partial charge in [-0.25, -0.2) is 4.79 Å². The van der Waals surface area contributed by atoms with Gasteiger partial charge in [0.15, 0.2) is 0 Å². The molecule has 0 aliphatic rings. The lowest BCUT2D eigenvalue weighted by molar-refractivity contribution is -0.136. The van der Waals surface area contributed by atoms with E-state index in [1.807, 2.05) is 0 Å². The first kappa shape index (κ1) is 15.0. The maximum absolute atomic E-state index is 11.1. The Morgan fingerprint density at radius 1 is 1.00 bits per heavy atom. The van der Waals surface area contributed by atoms with Crippen molar-refractivity contribution in [2.24, 2.45) is 0 Å². The van der Waals surface area contributed by atoms with E-state index >= 15 is 0 Å². The summed E-state index contributed by atoms with van der Waals surface area (Å²) in [7, 11) is 0. The number of rotatable bonds is 8. The molecular weight excluding hydrogens is 200 g/mol. The zero-order valence-corrected chi connectivity index (χ0v) is 10.7. The van der Waals surface area contributed by atoms with Gasteiger partial charge in [0.1, 0.15) is 0 Å². The lowest BCUT2D eigenvalue weighted by atomic mass is 10.2. The summed E-state index contributed by atoms with van der Waals surface area (Å²) in [6.07, 6.45) is 8.78. The van der Waals surface area contributed by atoms with Gasteiger partial charge in [-0.3, -0.25) is 0 Å².